The van der Waals surface area contributed by atoms with E-state index in [4.69, 9.17) is 14.3 Å². The van der Waals surface area contributed by atoms with E-state index in [2.05, 4.69) is 18.8 Å². The molecule has 2 aromatic heterocycles. The van der Waals surface area contributed by atoms with Crippen LogP contribution in [0.1, 0.15) is 38.4 Å². The lowest BCUT2D eigenvalue weighted by atomic mass is 10.0. The maximum atomic E-state index is 12.5. The van der Waals surface area contributed by atoms with Crippen molar-refractivity contribution < 1.29 is 13.9 Å². The van der Waals surface area contributed by atoms with Crippen LogP contribution in [-0.4, -0.2) is 45.3 Å². The molecule has 1 amide bonds. The van der Waals surface area contributed by atoms with Gasteiger partial charge in [0.25, 0.3) is 0 Å². The fourth-order valence-electron chi connectivity index (χ4n) is 3.20. The van der Waals surface area contributed by atoms with Gasteiger partial charge in [-0.2, -0.15) is 5.10 Å². The highest BCUT2D eigenvalue weighted by Crippen LogP contribution is 2.29. The van der Waals surface area contributed by atoms with Gasteiger partial charge in [0.15, 0.2) is 6.39 Å². The smallest absolute Gasteiger partial charge is 0.223 e. The molecule has 0 atom stereocenters. The molecule has 0 bridgehead atoms. The van der Waals surface area contributed by atoms with Gasteiger partial charge in [-0.05, 0) is 12.8 Å². The van der Waals surface area contributed by atoms with E-state index in [1.807, 2.05) is 16.5 Å². The molecule has 2 aromatic rings. The highest BCUT2D eigenvalue weighted by Gasteiger charge is 2.28. The summed E-state index contributed by atoms with van der Waals surface area (Å²) >= 11 is 0. The number of aromatic nitrogens is 3. The Morgan fingerprint density at radius 2 is 2.28 bits per heavy atom. The number of hydrogen-bond donors (Lipinski definition) is 0. The van der Waals surface area contributed by atoms with Crippen LogP contribution < -0.4 is 0 Å². The van der Waals surface area contributed by atoms with E-state index < -0.39 is 0 Å². The molecule has 0 radical (unpaired) electrons. The molecule has 0 saturated carbocycles. The van der Waals surface area contributed by atoms with Gasteiger partial charge >= 0.3 is 0 Å². The molecule has 0 fully saturated rings. The Hall–Kier alpha value is -2.15. The fourth-order valence-corrected chi connectivity index (χ4v) is 3.20. The van der Waals surface area contributed by atoms with Crippen molar-refractivity contribution in [2.75, 3.05) is 19.8 Å². The van der Waals surface area contributed by atoms with Crippen molar-refractivity contribution in [3.05, 3.63) is 23.9 Å². The fraction of sp³-hybridized carbons (Fsp3) is 0.611. The quantitative estimate of drug-likeness (QED) is 0.720. The first kappa shape index (κ1) is 17.7. The molecule has 7 heteroatoms. The maximum Gasteiger partial charge on any atom is 0.223 e. The summed E-state index contributed by atoms with van der Waals surface area (Å²) in [6, 6.07) is 0. The van der Waals surface area contributed by atoms with Crippen molar-refractivity contribution in [2.45, 2.75) is 46.7 Å². The summed E-state index contributed by atoms with van der Waals surface area (Å²) in [7, 11) is 0. The number of ether oxygens (including phenoxy) is 1. The van der Waals surface area contributed by atoms with Gasteiger partial charge in [0.05, 0.1) is 13.2 Å². The van der Waals surface area contributed by atoms with Crippen molar-refractivity contribution in [1.82, 2.24) is 19.7 Å². The first-order valence-electron chi connectivity index (χ1n) is 8.92. The minimum atomic E-state index is 0.203. The largest absolute Gasteiger partial charge is 0.451 e. The average molecular weight is 346 g/mol. The molecule has 0 spiro atoms. The zero-order valence-corrected chi connectivity index (χ0v) is 15.2. The van der Waals surface area contributed by atoms with E-state index >= 15 is 0 Å². The third-order valence-corrected chi connectivity index (χ3v) is 4.40. The molecule has 7 nitrogen and oxygen atoms in total. The summed E-state index contributed by atoms with van der Waals surface area (Å²) in [6.45, 7) is 9.45. The van der Waals surface area contributed by atoms with Gasteiger partial charge in [0, 0.05) is 43.8 Å². The minimum absolute atomic E-state index is 0.203. The molecule has 0 aliphatic carbocycles. The molecule has 0 N–H and O–H groups in total. The molecule has 3 heterocycles. The third-order valence-electron chi connectivity index (χ3n) is 4.40. The van der Waals surface area contributed by atoms with Gasteiger partial charge in [-0.1, -0.05) is 13.8 Å². The van der Waals surface area contributed by atoms with Gasteiger partial charge in [0.2, 0.25) is 5.91 Å². The van der Waals surface area contributed by atoms with Crippen LogP contribution in [0.25, 0.3) is 11.4 Å². The monoisotopic (exact) mass is 346 g/mol. The first-order valence-corrected chi connectivity index (χ1v) is 8.92. The van der Waals surface area contributed by atoms with Gasteiger partial charge in [-0.3, -0.25) is 9.48 Å². The van der Waals surface area contributed by atoms with Crippen LogP contribution in [0.15, 0.2) is 17.1 Å². The molecule has 0 saturated heterocycles. The van der Waals surface area contributed by atoms with E-state index in [1.165, 1.54) is 12.1 Å². The van der Waals surface area contributed by atoms with E-state index in [0.29, 0.717) is 44.3 Å². The Morgan fingerprint density at radius 1 is 1.44 bits per heavy atom. The van der Waals surface area contributed by atoms with Crippen molar-refractivity contribution in [3.63, 3.8) is 0 Å². The molecule has 0 aromatic carbocycles. The van der Waals surface area contributed by atoms with E-state index in [0.717, 1.165) is 24.2 Å². The van der Waals surface area contributed by atoms with Gasteiger partial charge in [-0.25, -0.2) is 4.98 Å². The van der Waals surface area contributed by atoms with Gasteiger partial charge in [-0.15, -0.1) is 0 Å². The Bertz CT molecular complexity index is 706. The number of fused-ring (bicyclic) bond motifs is 1. The molecule has 0 unspecified atom stereocenters. The van der Waals surface area contributed by atoms with Crippen LogP contribution in [0.2, 0.25) is 0 Å². The average Bonchev–Trinajstić information content (AvgIpc) is 3.22. The zero-order valence-electron chi connectivity index (χ0n) is 15.2. The SMILES string of the molecule is CCOCCn1nc(-c2cocn2)c2c1CCN(C(=O)CC(C)C)C2. The predicted octanol–water partition coefficient (Wildman–Crippen LogP) is 2.51. The summed E-state index contributed by atoms with van der Waals surface area (Å²) in [5.41, 5.74) is 3.77. The van der Waals surface area contributed by atoms with Crippen LogP contribution in [-0.2, 0) is 29.0 Å². The maximum absolute atomic E-state index is 12.5. The molecule has 136 valence electrons. The number of amides is 1. The van der Waals surface area contributed by atoms with Crippen LogP contribution in [0, 0.1) is 5.92 Å². The van der Waals surface area contributed by atoms with Crippen LogP contribution in [0.4, 0.5) is 0 Å². The molecular formula is C18H26N4O3. The van der Waals surface area contributed by atoms with E-state index in [9.17, 15) is 4.79 Å². The summed E-state index contributed by atoms with van der Waals surface area (Å²) < 4.78 is 12.6. The second-order valence-corrected chi connectivity index (χ2v) is 6.73. The molecule has 3 rings (SSSR count). The van der Waals surface area contributed by atoms with E-state index in [-0.39, 0.29) is 5.91 Å². The summed E-state index contributed by atoms with van der Waals surface area (Å²) in [6.07, 6.45) is 4.39. The lowest BCUT2D eigenvalue weighted by Crippen LogP contribution is -2.37. The van der Waals surface area contributed by atoms with Crippen molar-refractivity contribution in [2.24, 2.45) is 5.92 Å². The lowest BCUT2D eigenvalue weighted by Gasteiger charge is -2.28. The number of rotatable bonds is 7. The van der Waals surface area contributed by atoms with Crippen molar-refractivity contribution in [3.8, 4) is 11.4 Å². The number of carbonyl (C=O) groups is 1. The second-order valence-electron chi connectivity index (χ2n) is 6.73. The Labute approximate surface area is 148 Å². The first-order chi connectivity index (χ1) is 12.1. The molecule has 1 aliphatic rings. The normalized spacial score (nSPS) is 14.2. The van der Waals surface area contributed by atoms with Crippen LogP contribution in [0.3, 0.4) is 0 Å². The Morgan fingerprint density at radius 3 is 2.96 bits per heavy atom. The number of oxazole rings is 1. The zero-order chi connectivity index (χ0) is 17.8. The number of carbonyl (C=O) groups excluding carboxylic acids is 1. The third kappa shape index (κ3) is 3.92. The highest BCUT2D eigenvalue weighted by atomic mass is 16.5. The summed E-state index contributed by atoms with van der Waals surface area (Å²) in [5, 5.41) is 4.74. The summed E-state index contributed by atoms with van der Waals surface area (Å²) in [4.78, 5) is 18.7. The van der Waals surface area contributed by atoms with Gasteiger partial charge < -0.3 is 14.1 Å². The topological polar surface area (TPSA) is 73.4 Å². The number of hydrogen-bond acceptors (Lipinski definition) is 5. The standard InChI is InChI=1S/C18H26N4O3/c1-4-24-8-7-22-16-5-6-21(17(23)9-13(2)3)10-14(16)18(20-22)15-11-25-12-19-15/h11-13H,4-10H2,1-3H3. The minimum Gasteiger partial charge on any atom is -0.451 e. The van der Waals surface area contributed by atoms with Crippen LogP contribution >= 0.6 is 0 Å². The van der Waals surface area contributed by atoms with Crippen molar-refractivity contribution in [1.29, 1.82) is 0 Å². The predicted molar refractivity (Wildman–Crippen MR) is 92.8 cm³/mol. The molecule has 1 aliphatic heterocycles. The second kappa shape index (κ2) is 7.82. The Balaban J connectivity index is 1.87. The van der Waals surface area contributed by atoms with Gasteiger partial charge in [0.1, 0.15) is 17.7 Å². The highest BCUT2D eigenvalue weighted by molar-refractivity contribution is 5.77. The lowest BCUT2D eigenvalue weighted by molar-refractivity contribution is -0.132. The van der Waals surface area contributed by atoms with Crippen molar-refractivity contribution >= 4 is 5.91 Å². The number of nitrogens with zero attached hydrogens (tertiary/aromatic N) is 4. The van der Waals surface area contributed by atoms with E-state index in [1.54, 1.807) is 6.26 Å². The molecular weight excluding hydrogens is 320 g/mol. The van der Waals surface area contributed by atoms with Crippen LogP contribution in [0.5, 0.6) is 0 Å². The summed E-state index contributed by atoms with van der Waals surface area (Å²) in [5.74, 6) is 0.562. The molecule has 25 heavy (non-hydrogen) atoms. The Kier molecular flexibility index (Phi) is 5.53.